The molecular weight excluding hydrogens is 121 g/mol. The highest BCUT2D eigenvalue weighted by atomic mass is 31.1. The van der Waals surface area contributed by atoms with Crippen LogP contribution in [-0.2, 0) is 4.79 Å². The monoisotopic (exact) mass is 131 g/mol. The molecule has 0 aromatic heterocycles. The van der Waals surface area contributed by atoms with E-state index in [1.807, 2.05) is 11.3 Å². The summed E-state index contributed by atoms with van der Waals surface area (Å²) in [5.41, 5.74) is 0. The maximum atomic E-state index is 10.7. The predicted molar refractivity (Wildman–Crippen MR) is 35.2 cm³/mol. The van der Waals surface area contributed by atoms with E-state index in [0.717, 1.165) is 19.4 Å². The van der Waals surface area contributed by atoms with Gasteiger partial charge in [-0.15, -0.1) is 0 Å². The molecule has 1 atom stereocenters. The molecule has 0 spiro atoms. The van der Waals surface area contributed by atoms with Crippen molar-refractivity contribution in [3.8, 4) is 0 Å². The van der Waals surface area contributed by atoms with E-state index in [9.17, 15) is 4.79 Å². The Morgan fingerprint density at radius 1 is 1.75 bits per heavy atom. The van der Waals surface area contributed by atoms with E-state index in [1.165, 1.54) is 0 Å². The van der Waals surface area contributed by atoms with E-state index in [-0.39, 0.29) is 0 Å². The normalized spacial score (nSPS) is 21.6. The first-order chi connectivity index (χ1) is 3.84. The van der Waals surface area contributed by atoms with Crippen molar-refractivity contribution in [1.29, 1.82) is 0 Å². The second kappa shape index (κ2) is 2.45. The van der Waals surface area contributed by atoms with Gasteiger partial charge >= 0.3 is 0 Å². The number of carbonyl (C=O) groups excluding carboxylic acids is 1. The van der Waals surface area contributed by atoms with Gasteiger partial charge in [-0.1, -0.05) is 0 Å². The minimum atomic E-state index is 0.339. The number of nitrogens with zero attached hydrogens (tertiary/aromatic N) is 1. The molecule has 0 bridgehead atoms. The van der Waals surface area contributed by atoms with Crippen molar-refractivity contribution in [1.82, 2.24) is 4.67 Å². The largest absolute Gasteiger partial charge is 0.325 e. The molecule has 0 N–H and O–H groups in total. The molecule has 1 unspecified atom stereocenters. The first-order valence-corrected chi connectivity index (χ1v) is 4.27. The fraction of sp³-hybridized carbons (Fsp3) is 0.800. The van der Waals surface area contributed by atoms with E-state index in [1.54, 1.807) is 0 Å². The standard InChI is InChI=1S/C5H10NOP/c1-8-6-4-2-3-5(6)7/h8H,2-4H2,1H3. The predicted octanol–water partition coefficient (Wildman–Crippen LogP) is 0.832. The zero-order valence-corrected chi connectivity index (χ0v) is 5.98. The lowest BCUT2D eigenvalue weighted by Gasteiger charge is -2.09. The van der Waals surface area contributed by atoms with E-state index >= 15 is 0 Å². The first-order valence-electron chi connectivity index (χ1n) is 2.82. The Labute approximate surface area is 51.1 Å². The summed E-state index contributed by atoms with van der Waals surface area (Å²) in [5.74, 6) is 0.339. The molecule has 1 heterocycles. The molecule has 0 aromatic rings. The Bertz CT molecular complexity index is 105. The van der Waals surface area contributed by atoms with Crippen molar-refractivity contribution < 1.29 is 4.79 Å². The molecule has 1 amide bonds. The first kappa shape index (κ1) is 6.03. The number of rotatable bonds is 1. The molecule has 1 rings (SSSR count). The Balaban J connectivity index is 2.42. The van der Waals surface area contributed by atoms with Crippen LogP contribution in [0.25, 0.3) is 0 Å². The summed E-state index contributed by atoms with van der Waals surface area (Å²) in [4.78, 5) is 10.7. The maximum absolute atomic E-state index is 10.7. The molecule has 1 aliphatic rings. The van der Waals surface area contributed by atoms with Crippen molar-refractivity contribution >= 4 is 14.6 Å². The summed E-state index contributed by atoms with van der Waals surface area (Å²) in [5, 5.41) is 0. The second-order valence-corrected chi connectivity index (χ2v) is 2.86. The number of hydrogen-bond acceptors (Lipinski definition) is 1. The highest BCUT2D eigenvalue weighted by molar-refractivity contribution is 7.35. The molecule has 0 aliphatic carbocycles. The van der Waals surface area contributed by atoms with Crippen molar-refractivity contribution in [2.45, 2.75) is 12.8 Å². The van der Waals surface area contributed by atoms with E-state index in [2.05, 4.69) is 0 Å². The fourth-order valence-corrected chi connectivity index (χ4v) is 1.63. The second-order valence-electron chi connectivity index (χ2n) is 1.87. The summed E-state index contributed by atoms with van der Waals surface area (Å²) >= 11 is 0. The van der Waals surface area contributed by atoms with Crippen LogP contribution >= 0.6 is 8.73 Å². The van der Waals surface area contributed by atoms with E-state index < -0.39 is 0 Å². The summed E-state index contributed by atoms with van der Waals surface area (Å²) < 4.78 is 1.92. The molecule has 1 fully saturated rings. The van der Waals surface area contributed by atoms with Crippen molar-refractivity contribution in [2.75, 3.05) is 13.2 Å². The van der Waals surface area contributed by atoms with Gasteiger partial charge in [-0.3, -0.25) is 4.79 Å². The van der Waals surface area contributed by atoms with Crippen LogP contribution in [0.5, 0.6) is 0 Å². The summed E-state index contributed by atoms with van der Waals surface area (Å²) in [6.07, 6.45) is 1.85. The maximum Gasteiger partial charge on any atom is 0.225 e. The van der Waals surface area contributed by atoms with Gasteiger partial charge in [-0.2, -0.15) is 0 Å². The fourth-order valence-electron chi connectivity index (χ4n) is 0.885. The van der Waals surface area contributed by atoms with Gasteiger partial charge in [0, 0.05) is 13.0 Å². The lowest BCUT2D eigenvalue weighted by molar-refractivity contribution is -0.123. The van der Waals surface area contributed by atoms with Crippen LogP contribution in [0.4, 0.5) is 0 Å². The lowest BCUT2D eigenvalue weighted by atomic mass is 10.4. The van der Waals surface area contributed by atoms with Crippen LogP contribution in [0.1, 0.15) is 12.8 Å². The zero-order valence-electron chi connectivity index (χ0n) is 4.98. The molecule has 0 saturated carbocycles. The molecule has 2 nitrogen and oxygen atoms in total. The Kier molecular flexibility index (Phi) is 1.85. The topological polar surface area (TPSA) is 20.3 Å². The summed E-state index contributed by atoms with van der Waals surface area (Å²) in [7, 11) is 0.676. The Morgan fingerprint density at radius 3 is 2.75 bits per heavy atom. The van der Waals surface area contributed by atoms with Crippen LogP contribution in [0.15, 0.2) is 0 Å². The third-order valence-corrected chi connectivity index (χ3v) is 2.36. The Hall–Kier alpha value is -0.100. The SMILES string of the molecule is CPN1CCCC1=O. The van der Waals surface area contributed by atoms with Gasteiger partial charge in [0.2, 0.25) is 5.91 Å². The molecule has 3 heteroatoms. The summed E-state index contributed by atoms with van der Waals surface area (Å²) in [6, 6.07) is 0. The third kappa shape index (κ3) is 1.00. The Morgan fingerprint density at radius 2 is 2.50 bits per heavy atom. The highest BCUT2D eigenvalue weighted by Gasteiger charge is 2.17. The van der Waals surface area contributed by atoms with Crippen LogP contribution in [-0.4, -0.2) is 23.8 Å². The average Bonchev–Trinajstić information content (AvgIpc) is 2.14. The van der Waals surface area contributed by atoms with Gasteiger partial charge in [0.1, 0.15) is 0 Å². The van der Waals surface area contributed by atoms with Crippen molar-refractivity contribution in [3.05, 3.63) is 0 Å². The van der Waals surface area contributed by atoms with Gasteiger partial charge in [0.15, 0.2) is 0 Å². The van der Waals surface area contributed by atoms with Crippen LogP contribution in [0.2, 0.25) is 0 Å². The van der Waals surface area contributed by atoms with Crippen LogP contribution in [0.3, 0.4) is 0 Å². The minimum Gasteiger partial charge on any atom is -0.325 e. The lowest BCUT2D eigenvalue weighted by Crippen LogP contribution is -2.13. The van der Waals surface area contributed by atoms with Crippen LogP contribution in [0, 0.1) is 0 Å². The minimum absolute atomic E-state index is 0.339. The van der Waals surface area contributed by atoms with Crippen molar-refractivity contribution in [3.63, 3.8) is 0 Å². The number of hydrogen-bond donors (Lipinski definition) is 0. The molecule has 46 valence electrons. The van der Waals surface area contributed by atoms with Gasteiger partial charge < -0.3 is 4.67 Å². The van der Waals surface area contributed by atoms with Gasteiger partial charge in [-0.05, 0) is 21.8 Å². The molecule has 8 heavy (non-hydrogen) atoms. The summed E-state index contributed by atoms with van der Waals surface area (Å²) in [6.45, 7) is 3.04. The smallest absolute Gasteiger partial charge is 0.225 e. The van der Waals surface area contributed by atoms with E-state index in [0.29, 0.717) is 14.6 Å². The quantitative estimate of drug-likeness (QED) is 0.483. The van der Waals surface area contributed by atoms with Gasteiger partial charge in [0.25, 0.3) is 0 Å². The number of amides is 1. The highest BCUT2D eigenvalue weighted by Crippen LogP contribution is 2.21. The third-order valence-electron chi connectivity index (χ3n) is 1.34. The molecular formula is C5H10NOP. The molecule has 0 aromatic carbocycles. The van der Waals surface area contributed by atoms with Crippen LogP contribution < -0.4 is 0 Å². The zero-order chi connectivity index (χ0) is 5.98. The van der Waals surface area contributed by atoms with E-state index in [4.69, 9.17) is 0 Å². The van der Waals surface area contributed by atoms with Gasteiger partial charge in [-0.25, -0.2) is 0 Å². The molecule has 0 radical (unpaired) electrons. The van der Waals surface area contributed by atoms with Crippen molar-refractivity contribution in [2.24, 2.45) is 0 Å². The molecule has 1 aliphatic heterocycles. The number of carbonyl (C=O) groups is 1. The molecule has 1 saturated heterocycles. The average molecular weight is 131 g/mol. The van der Waals surface area contributed by atoms with Gasteiger partial charge in [0.05, 0.1) is 0 Å².